The van der Waals surface area contributed by atoms with Crippen molar-refractivity contribution in [3.8, 4) is 0 Å². The van der Waals surface area contributed by atoms with Gasteiger partial charge in [0.25, 0.3) is 0 Å². The predicted molar refractivity (Wildman–Crippen MR) is 78.1 cm³/mol. The fourth-order valence-electron chi connectivity index (χ4n) is 2.19. The molecule has 2 rings (SSSR count). The van der Waals surface area contributed by atoms with Crippen molar-refractivity contribution in [2.75, 3.05) is 13.2 Å². The lowest BCUT2D eigenvalue weighted by Gasteiger charge is -2.14. The summed E-state index contributed by atoms with van der Waals surface area (Å²) in [6.07, 6.45) is 2.32. The van der Waals surface area contributed by atoms with Crippen LogP contribution in [0.5, 0.6) is 0 Å². The van der Waals surface area contributed by atoms with E-state index in [0.29, 0.717) is 5.25 Å². The topological polar surface area (TPSA) is 21.3 Å². The van der Waals surface area contributed by atoms with Crippen molar-refractivity contribution in [3.63, 3.8) is 0 Å². The van der Waals surface area contributed by atoms with Gasteiger partial charge in [0.05, 0.1) is 6.10 Å². The average Bonchev–Trinajstić information content (AvgIpc) is 2.79. The average molecular weight is 283 g/mol. The minimum Gasteiger partial charge on any atom is -0.377 e. The molecular formula is C15H22FNOS. The second-order valence-corrected chi connectivity index (χ2v) is 6.24. The monoisotopic (exact) mass is 283 g/mol. The minimum atomic E-state index is -0.111. The maximum Gasteiger partial charge on any atom is 0.137 e. The first-order valence-corrected chi connectivity index (χ1v) is 7.86. The predicted octanol–water partition coefficient (Wildman–Crippen LogP) is 3.59. The number of thioether (sulfide) groups is 1. The summed E-state index contributed by atoms with van der Waals surface area (Å²) in [5.41, 5.74) is 1.01. The lowest BCUT2D eigenvalue weighted by Crippen LogP contribution is -2.14. The van der Waals surface area contributed by atoms with Gasteiger partial charge in [0.15, 0.2) is 0 Å². The second-order valence-electron chi connectivity index (χ2n) is 4.96. The van der Waals surface area contributed by atoms with Crippen LogP contribution in [0.3, 0.4) is 0 Å². The number of nitrogens with one attached hydrogen (secondary N) is 1. The first-order chi connectivity index (χ1) is 9.20. The van der Waals surface area contributed by atoms with Gasteiger partial charge >= 0.3 is 0 Å². The molecule has 2 nitrogen and oxygen atoms in total. The molecule has 1 aromatic carbocycles. The fraction of sp³-hybridized carbons (Fsp3) is 0.600. The summed E-state index contributed by atoms with van der Waals surface area (Å²) in [4.78, 5) is 0.738. The lowest BCUT2D eigenvalue weighted by atomic mass is 10.2. The largest absolute Gasteiger partial charge is 0.377 e. The molecule has 0 aromatic heterocycles. The maximum absolute atomic E-state index is 14.1. The molecule has 0 saturated carbocycles. The lowest BCUT2D eigenvalue weighted by molar-refractivity contribution is 0.127. The van der Waals surface area contributed by atoms with Crippen LogP contribution < -0.4 is 5.32 Å². The van der Waals surface area contributed by atoms with Gasteiger partial charge in [0, 0.05) is 23.3 Å². The molecule has 1 heterocycles. The summed E-state index contributed by atoms with van der Waals surface area (Å²) in [5, 5.41) is 3.66. The van der Waals surface area contributed by atoms with Crippen molar-refractivity contribution < 1.29 is 9.13 Å². The van der Waals surface area contributed by atoms with Gasteiger partial charge in [0.2, 0.25) is 0 Å². The SMILES string of the molecule is CCCNCc1ccc(SC2CCOC2C)c(F)c1. The van der Waals surface area contributed by atoms with Crippen LogP contribution in [0.25, 0.3) is 0 Å². The van der Waals surface area contributed by atoms with Crippen LogP contribution in [0.2, 0.25) is 0 Å². The highest BCUT2D eigenvalue weighted by Gasteiger charge is 2.25. The standard InChI is InChI=1S/C15H22FNOS/c1-3-7-17-10-12-4-5-15(13(16)9-12)19-14-6-8-18-11(14)2/h4-5,9,11,14,17H,3,6-8,10H2,1-2H3. The summed E-state index contributed by atoms with van der Waals surface area (Å²) in [7, 11) is 0. The van der Waals surface area contributed by atoms with Gasteiger partial charge in [-0.25, -0.2) is 4.39 Å². The number of halogens is 1. The molecule has 0 amide bonds. The van der Waals surface area contributed by atoms with E-state index < -0.39 is 0 Å². The zero-order chi connectivity index (χ0) is 13.7. The summed E-state index contributed by atoms with van der Waals surface area (Å²) in [5.74, 6) is -0.111. The molecule has 0 radical (unpaired) electrons. The Hall–Kier alpha value is -0.580. The van der Waals surface area contributed by atoms with E-state index in [1.54, 1.807) is 17.8 Å². The maximum atomic E-state index is 14.1. The zero-order valence-electron chi connectivity index (χ0n) is 11.6. The van der Waals surface area contributed by atoms with Crippen LogP contribution in [0, 0.1) is 5.82 Å². The summed E-state index contributed by atoms with van der Waals surface area (Å²) >= 11 is 1.60. The van der Waals surface area contributed by atoms with Crippen LogP contribution in [-0.2, 0) is 11.3 Å². The van der Waals surface area contributed by atoms with E-state index in [1.807, 2.05) is 12.1 Å². The number of ether oxygens (including phenoxy) is 1. The molecule has 1 saturated heterocycles. The molecule has 0 spiro atoms. The van der Waals surface area contributed by atoms with E-state index in [4.69, 9.17) is 4.74 Å². The third kappa shape index (κ3) is 4.20. The van der Waals surface area contributed by atoms with Crippen molar-refractivity contribution >= 4 is 11.8 Å². The minimum absolute atomic E-state index is 0.111. The number of rotatable bonds is 6. The second kappa shape index (κ2) is 7.27. The van der Waals surface area contributed by atoms with Crippen LogP contribution in [-0.4, -0.2) is 24.5 Å². The first kappa shape index (κ1) is 14.8. The van der Waals surface area contributed by atoms with Crippen molar-refractivity contribution in [1.29, 1.82) is 0 Å². The molecule has 0 bridgehead atoms. The van der Waals surface area contributed by atoms with Gasteiger partial charge < -0.3 is 10.1 Å². The summed E-state index contributed by atoms with van der Waals surface area (Å²) in [6.45, 7) is 6.68. The van der Waals surface area contributed by atoms with Crippen LogP contribution in [0.4, 0.5) is 4.39 Å². The van der Waals surface area contributed by atoms with Crippen molar-refractivity contribution in [2.45, 2.75) is 49.5 Å². The number of hydrogen-bond acceptors (Lipinski definition) is 3. The molecule has 2 atom stereocenters. The Balaban J connectivity index is 1.94. The molecule has 1 aliphatic heterocycles. The third-order valence-electron chi connectivity index (χ3n) is 3.34. The Morgan fingerprint density at radius 2 is 2.32 bits per heavy atom. The van der Waals surface area contributed by atoms with Gasteiger partial charge in [-0.3, -0.25) is 0 Å². The third-order valence-corrected chi connectivity index (χ3v) is 4.84. The Bertz CT molecular complexity index is 413. The molecule has 19 heavy (non-hydrogen) atoms. The van der Waals surface area contributed by atoms with Gasteiger partial charge in [-0.2, -0.15) is 0 Å². The van der Waals surface area contributed by atoms with E-state index in [9.17, 15) is 4.39 Å². The molecule has 1 N–H and O–H groups in total. The molecule has 1 fully saturated rings. The molecular weight excluding hydrogens is 261 g/mol. The smallest absolute Gasteiger partial charge is 0.137 e. The Labute approximate surface area is 119 Å². The van der Waals surface area contributed by atoms with Gasteiger partial charge in [-0.15, -0.1) is 11.8 Å². The Kier molecular flexibility index (Phi) is 5.67. The Morgan fingerprint density at radius 3 is 2.95 bits per heavy atom. The van der Waals surface area contributed by atoms with Crippen molar-refractivity contribution in [1.82, 2.24) is 5.32 Å². The van der Waals surface area contributed by atoms with E-state index in [-0.39, 0.29) is 11.9 Å². The molecule has 4 heteroatoms. The molecule has 1 aromatic rings. The number of benzene rings is 1. The highest BCUT2D eigenvalue weighted by atomic mass is 32.2. The molecule has 1 aliphatic rings. The number of hydrogen-bond donors (Lipinski definition) is 1. The van der Waals surface area contributed by atoms with E-state index in [0.717, 1.165) is 43.0 Å². The fourth-order valence-corrected chi connectivity index (χ4v) is 3.32. The van der Waals surface area contributed by atoms with E-state index in [2.05, 4.69) is 19.2 Å². The normalized spacial score (nSPS) is 22.9. The Morgan fingerprint density at radius 1 is 1.47 bits per heavy atom. The molecule has 0 aliphatic carbocycles. The van der Waals surface area contributed by atoms with Gasteiger partial charge in [-0.05, 0) is 44.0 Å². The van der Waals surface area contributed by atoms with Gasteiger partial charge in [-0.1, -0.05) is 13.0 Å². The van der Waals surface area contributed by atoms with Crippen LogP contribution >= 0.6 is 11.8 Å². The van der Waals surface area contributed by atoms with E-state index >= 15 is 0 Å². The van der Waals surface area contributed by atoms with Crippen molar-refractivity contribution in [2.24, 2.45) is 0 Å². The van der Waals surface area contributed by atoms with E-state index in [1.165, 1.54) is 0 Å². The van der Waals surface area contributed by atoms with Crippen LogP contribution in [0.15, 0.2) is 23.1 Å². The molecule has 2 unspecified atom stereocenters. The quantitative estimate of drug-likeness (QED) is 0.806. The van der Waals surface area contributed by atoms with Crippen LogP contribution in [0.1, 0.15) is 32.3 Å². The summed E-state index contributed by atoms with van der Waals surface area (Å²) in [6, 6.07) is 5.55. The first-order valence-electron chi connectivity index (χ1n) is 6.98. The van der Waals surface area contributed by atoms with Crippen molar-refractivity contribution in [3.05, 3.63) is 29.6 Å². The molecule has 106 valence electrons. The highest BCUT2D eigenvalue weighted by molar-refractivity contribution is 8.00. The van der Waals surface area contributed by atoms with Gasteiger partial charge in [0.1, 0.15) is 5.82 Å². The summed E-state index contributed by atoms with van der Waals surface area (Å²) < 4.78 is 19.6. The highest BCUT2D eigenvalue weighted by Crippen LogP contribution is 2.34. The zero-order valence-corrected chi connectivity index (χ0v) is 12.4.